The smallest absolute Gasteiger partial charge is 0.160 e. The highest BCUT2D eigenvalue weighted by Crippen LogP contribution is 2.25. The Labute approximate surface area is 86.3 Å². The lowest BCUT2D eigenvalue weighted by Crippen LogP contribution is -2.33. The zero-order valence-corrected chi connectivity index (χ0v) is 8.60. The molecule has 0 N–H and O–H groups in total. The van der Waals surface area contributed by atoms with Crippen molar-refractivity contribution in [2.24, 2.45) is 0 Å². The van der Waals surface area contributed by atoms with Gasteiger partial charge in [0.2, 0.25) is 0 Å². The number of carbonyl (C=O) groups excluding carboxylic acids is 1. The minimum atomic E-state index is -0.643. The summed E-state index contributed by atoms with van der Waals surface area (Å²) in [7, 11) is 0. The van der Waals surface area contributed by atoms with E-state index in [0.29, 0.717) is 12.8 Å². The largest absolute Gasteiger partial charge is 0.371 e. The minimum absolute atomic E-state index is 0.603. The fourth-order valence-corrected chi connectivity index (χ4v) is 2.39. The number of halogens is 1. The molecular weight excluding hydrogens is 201 g/mol. The van der Waals surface area contributed by atoms with Gasteiger partial charge in [-0.25, -0.2) is 4.39 Å². The summed E-state index contributed by atoms with van der Waals surface area (Å²) in [5.74, 6) is 0. The van der Waals surface area contributed by atoms with Crippen molar-refractivity contribution in [3.63, 3.8) is 0 Å². The third-order valence-electron chi connectivity index (χ3n) is 2.51. The average Bonchev–Trinajstić information content (AvgIpc) is 2.67. The van der Waals surface area contributed by atoms with Crippen molar-refractivity contribution in [2.75, 3.05) is 18.0 Å². The number of alkyl halides is 1. The number of aldehydes is 1. The number of hydrogen-bond acceptors (Lipinski definition) is 3. The first-order valence-corrected chi connectivity index (χ1v) is 5.60. The predicted molar refractivity (Wildman–Crippen MR) is 56.0 cm³/mol. The van der Waals surface area contributed by atoms with Crippen LogP contribution in [0.2, 0.25) is 0 Å². The molecule has 0 radical (unpaired) electrons. The van der Waals surface area contributed by atoms with E-state index in [4.69, 9.17) is 0 Å². The van der Waals surface area contributed by atoms with E-state index in [1.807, 2.05) is 11.4 Å². The molecule has 2 nitrogen and oxygen atoms in total. The Kier molecular flexibility index (Phi) is 2.82. The monoisotopic (exact) mass is 213 g/mol. The molecule has 2 heterocycles. The van der Waals surface area contributed by atoms with Crippen LogP contribution in [0.4, 0.5) is 10.1 Å². The molecule has 2 rings (SSSR count). The van der Waals surface area contributed by atoms with Crippen molar-refractivity contribution in [3.8, 4) is 0 Å². The van der Waals surface area contributed by atoms with Crippen LogP contribution in [-0.2, 0) is 0 Å². The average molecular weight is 213 g/mol. The molecule has 14 heavy (non-hydrogen) atoms. The summed E-state index contributed by atoms with van der Waals surface area (Å²) in [6, 6.07) is 1.87. The molecule has 0 unspecified atom stereocenters. The standard InChI is InChI=1S/C10H12FNOS/c11-8-1-3-12(4-2-8)9-5-10(6-13)14-7-9/h5-8H,1-4H2. The first-order valence-electron chi connectivity index (χ1n) is 4.72. The van der Waals surface area contributed by atoms with Crippen LogP contribution in [0.5, 0.6) is 0 Å². The van der Waals surface area contributed by atoms with Crippen LogP contribution in [0.15, 0.2) is 11.4 Å². The van der Waals surface area contributed by atoms with Crippen LogP contribution in [-0.4, -0.2) is 25.5 Å². The second kappa shape index (κ2) is 4.09. The summed E-state index contributed by atoms with van der Waals surface area (Å²) in [6.07, 6.45) is 1.42. The predicted octanol–water partition coefficient (Wildman–Crippen LogP) is 2.50. The topological polar surface area (TPSA) is 20.3 Å². The Bertz CT molecular complexity index is 318. The van der Waals surface area contributed by atoms with Gasteiger partial charge in [0.1, 0.15) is 6.17 Å². The molecule has 1 aliphatic heterocycles. The first-order chi connectivity index (χ1) is 6.79. The van der Waals surface area contributed by atoms with Crippen LogP contribution in [0, 0.1) is 0 Å². The zero-order chi connectivity index (χ0) is 9.97. The second-order valence-electron chi connectivity index (χ2n) is 3.49. The maximum atomic E-state index is 12.9. The van der Waals surface area contributed by atoms with Gasteiger partial charge >= 0.3 is 0 Å². The molecule has 1 aromatic heterocycles. The van der Waals surface area contributed by atoms with Gasteiger partial charge in [-0.2, -0.15) is 0 Å². The van der Waals surface area contributed by atoms with E-state index in [2.05, 4.69) is 4.90 Å². The fraction of sp³-hybridized carbons (Fsp3) is 0.500. The fourth-order valence-electron chi connectivity index (χ4n) is 1.68. The van der Waals surface area contributed by atoms with E-state index in [9.17, 15) is 9.18 Å². The number of carbonyl (C=O) groups is 1. The van der Waals surface area contributed by atoms with Gasteiger partial charge in [-0.15, -0.1) is 11.3 Å². The van der Waals surface area contributed by atoms with Gasteiger partial charge in [0.05, 0.1) is 4.88 Å². The highest BCUT2D eigenvalue weighted by atomic mass is 32.1. The van der Waals surface area contributed by atoms with Crippen LogP contribution in [0.3, 0.4) is 0 Å². The number of anilines is 1. The molecule has 4 heteroatoms. The molecule has 0 bridgehead atoms. The molecule has 1 aromatic rings. The molecule has 1 aliphatic rings. The third-order valence-corrected chi connectivity index (χ3v) is 3.36. The summed E-state index contributed by atoms with van der Waals surface area (Å²) in [5.41, 5.74) is 1.06. The molecule has 0 spiro atoms. The van der Waals surface area contributed by atoms with Gasteiger partial charge in [0, 0.05) is 24.2 Å². The number of hydrogen-bond donors (Lipinski definition) is 0. The Balaban J connectivity index is 2.04. The van der Waals surface area contributed by atoms with Gasteiger partial charge < -0.3 is 4.90 Å². The third kappa shape index (κ3) is 1.95. The van der Waals surface area contributed by atoms with Gasteiger partial charge in [-0.05, 0) is 18.9 Å². The molecule has 76 valence electrons. The van der Waals surface area contributed by atoms with E-state index >= 15 is 0 Å². The van der Waals surface area contributed by atoms with Gasteiger partial charge in [-0.1, -0.05) is 0 Å². The SMILES string of the molecule is O=Cc1cc(N2CCC(F)CC2)cs1. The van der Waals surface area contributed by atoms with Crippen molar-refractivity contribution in [2.45, 2.75) is 19.0 Å². The maximum absolute atomic E-state index is 12.9. The van der Waals surface area contributed by atoms with Crippen LogP contribution in [0.1, 0.15) is 22.5 Å². The molecule has 1 fully saturated rings. The van der Waals surface area contributed by atoms with E-state index in [0.717, 1.165) is 29.9 Å². The van der Waals surface area contributed by atoms with Crippen molar-refractivity contribution in [1.82, 2.24) is 0 Å². The van der Waals surface area contributed by atoms with Crippen LogP contribution < -0.4 is 4.90 Å². The Hall–Kier alpha value is -0.900. The van der Waals surface area contributed by atoms with E-state index in [1.165, 1.54) is 11.3 Å². The van der Waals surface area contributed by atoms with Crippen LogP contribution >= 0.6 is 11.3 Å². The van der Waals surface area contributed by atoms with E-state index in [1.54, 1.807) is 0 Å². The Morgan fingerprint density at radius 1 is 1.50 bits per heavy atom. The lowest BCUT2D eigenvalue weighted by atomic mass is 10.1. The van der Waals surface area contributed by atoms with E-state index < -0.39 is 6.17 Å². The van der Waals surface area contributed by atoms with Gasteiger partial charge in [0.15, 0.2) is 6.29 Å². The molecule has 0 aliphatic carbocycles. The van der Waals surface area contributed by atoms with Crippen molar-refractivity contribution >= 4 is 23.3 Å². The van der Waals surface area contributed by atoms with Crippen molar-refractivity contribution in [1.29, 1.82) is 0 Å². The summed E-state index contributed by atoms with van der Waals surface area (Å²) < 4.78 is 12.9. The lowest BCUT2D eigenvalue weighted by Gasteiger charge is -2.29. The Morgan fingerprint density at radius 3 is 2.79 bits per heavy atom. The second-order valence-corrected chi connectivity index (χ2v) is 4.43. The maximum Gasteiger partial charge on any atom is 0.160 e. The van der Waals surface area contributed by atoms with Crippen molar-refractivity contribution < 1.29 is 9.18 Å². The minimum Gasteiger partial charge on any atom is -0.371 e. The summed E-state index contributed by atoms with van der Waals surface area (Å²) in [4.78, 5) is 13.4. The highest BCUT2D eigenvalue weighted by molar-refractivity contribution is 7.12. The number of rotatable bonds is 2. The van der Waals surface area contributed by atoms with Crippen molar-refractivity contribution in [3.05, 3.63) is 16.3 Å². The summed E-state index contributed by atoms with van der Waals surface area (Å²) in [5, 5.41) is 1.96. The molecule has 0 atom stereocenters. The summed E-state index contributed by atoms with van der Waals surface area (Å²) >= 11 is 1.44. The normalized spacial score (nSPS) is 18.5. The molecular formula is C10H12FNOS. The lowest BCUT2D eigenvalue weighted by molar-refractivity contribution is 0.112. The Morgan fingerprint density at radius 2 is 2.21 bits per heavy atom. The van der Waals surface area contributed by atoms with Gasteiger partial charge in [-0.3, -0.25) is 4.79 Å². The van der Waals surface area contributed by atoms with Crippen LogP contribution in [0.25, 0.3) is 0 Å². The molecule has 0 aromatic carbocycles. The molecule has 1 saturated heterocycles. The zero-order valence-electron chi connectivity index (χ0n) is 7.78. The van der Waals surface area contributed by atoms with E-state index in [-0.39, 0.29) is 0 Å². The highest BCUT2D eigenvalue weighted by Gasteiger charge is 2.19. The first kappa shape index (κ1) is 9.65. The molecule has 0 saturated carbocycles. The number of nitrogens with zero attached hydrogens (tertiary/aromatic N) is 1. The molecule has 0 amide bonds. The quantitative estimate of drug-likeness (QED) is 0.703. The van der Waals surface area contributed by atoms with Gasteiger partial charge in [0.25, 0.3) is 0 Å². The number of piperidine rings is 1. The number of thiophene rings is 1. The summed E-state index contributed by atoms with van der Waals surface area (Å²) in [6.45, 7) is 1.52.